The zero-order chi connectivity index (χ0) is 25.2. The molecule has 1 aliphatic heterocycles. The SMILES string of the molecule is Cc1ccc(N2C(=O)NC(=O)/C(=C/c3cccc(OCc4cccc5ccccc45)c3)C2=O)cc1C. The van der Waals surface area contributed by atoms with Crippen molar-refractivity contribution in [2.75, 3.05) is 4.90 Å². The molecule has 0 saturated carbocycles. The molecule has 0 atom stereocenters. The second-order valence-electron chi connectivity index (χ2n) is 8.73. The maximum Gasteiger partial charge on any atom is 0.335 e. The van der Waals surface area contributed by atoms with Gasteiger partial charge in [0.25, 0.3) is 11.8 Å². The number of fused-ring (bicyclic) bond motifs is 1. The molecule has 1 heterocycles. The van der Waals surface area contributed by atoms with Crippen molar-refractivity contribution in [3.05, 3.63) is 113 Å². The number of barbiturate groups is 1. The molecule has 1 fully saturated rings. The second kappa shape index (κ2) is 9.50. The summed E-state index contributed by atoms with van der Waals surface area (Å²) >= 11 is 0. The number of benzene rings is 4. The lowest BCUT2D eigenvalue weighted by atomic mass is 10.0. The molecule has 1 aliphatic rings. The molecule has 5 rings (SSSR count). The zero-order valence-corrected chi connectivity index (χ0v) is 19.9. The molecule has 0 aromatic heterocycles. The Bertz CT molecular complexity index is 1550. The van der Waals surface area contributed by atoms with E-state index in [1.807, 2.05) is 50.2 Å². The van der Waals surface area contributed by atoms with Gasteiger partial charge in [-0.25, -0.2) is 9.69 Å². The number of nitrogens with one attached hydrogen (secondary N) is 1. The van der Waals surface area contributed by atoms with E-state index in [1.54, 1.807) is 30.3 Å². The molecule has 0 bridgehead atoms. The topological polar surface area (TPSA) is 75.7 Å². The Hall–Kier alpha value is -4.71. The lowest BCUT2D eigenvalue weighted by Gasteiger charge is -2.26. The van der Waals surface area contributed by atoms with Crippen molar-refractivity contribution in [3.63, 3.8) is 0 Å². The minimum atomic E-state index is -0.766. The number of aryl methyl sites for hydroxylation is 2. The Balaban J connectivity index is 1.40. The van der Waals surface area contributed by atoms with Crippen LogP contribution in [0.25, 0.3) is 16.8 Å². The number of amides is 4. The highest BCUT2D eigenvalue weighted by atomic mass is 16.5. The van der Waals surface area contributed by atoms with E-state index in [0.29, 0.717) is 23.6 Å². The molecule has 0 aliphatic carbocycles. The summed E-state index contributed by atoms with van der Waals surface area (Å²) in [6, 6.07) is 25.9. The van der Waals surface area contributed by atoms with E-state index in [9.17, 15) is 14.4 Å². The summed E-state index contributed by atoms with van der Waals surface area (Å²) in [7, 11) is 0. The van der Waals surface area contributed by atoms with Gasteiger partial charge in [0, 0.05) is 0 Å². The van der Waals surface area contributed by atoms with Gasteiger partial charge in [-0.1, -0.05) is 60.7 Å². The standard InChI is InChI=1S/C30H24N2O4/c1-19-13-14-24(15-20(19)2)32-29(34)27(28(33)31-30(32)35)17-21-7-5-11-25(16-21)36-18-23-10-6-9-22-8-3-4-12-26(22)23/h3-17H,18H2,1-2H3,(H,31,33,35)/b27-17-. The first-order valence-electron chi connectivity index (χ1n) is 11.6. The van der Waals surface area contributed by atoms with E-state index in [0.717, 1.165) is 32.4 Å². The van der Waals surface area contributed by atoms with Crippen LogP contribution in [0.1, 0.15) is 22.3 Å². The van der Waals surface area contributed by atoms with E-state index < -0.39 is 17.8 Å². The third-order valence-corrected chi connectivity index (χ3v) is 6.29. The van der Waals surface area contributed by atoms with Crippen molar-refractivity contribution in [1.29, 1.82) is 0 Å². The molecule has 1 N–H and O–H groups in total. The Morgan fingerprint density at radius 3 is 2.44 bits per heavy atom. The highest BCUT2D eigenvalue weighted by Gasteiger charge is 2.36. The number of carbonyl (C=O) groups excluding carboxylic acids is 3. The molecule has 6 heteroatoms. The van der Waals surface area contributed by atoms with Gasteiger partial charge in [0.05, 0.1) is 5.69 Å². The van der Waals surface area contributed by atoms with Crippen molar-refractivity contribution in [1.82, 2.24) is 5.32 Å². The zero-order valence-electron chi connectivity index (χ0n) is 19.9. The van der Waals surface area contributed by atoms with Crippen LogP contribution in [-0.4, -0.2) is 17.8 Å². The van der Waals surface area contributed by atoms with Gasteiger partial charge in [0.1, 0.15) is 17.9 Å². The maximum absolute atomic E-state index is 13.2. The molecule has 4 aromatic rings. The molecular formula is C30H24N2O4. The minimum Gasteiger partial charge on any atom is -0.489 e. The molecule has 178 valence electrons. The minimum absolute atomic E-state index is 0.126. The first kappa shape index (κ1) is 23.1. The third-order valence-electron chi connectivity index (χ3n) is 6.29. The van der Waals surface area contributed by atoms with Gasteiger partial charge in [0.2, 0.25) is 0 Å². The second-order valence-corrected chi connectivity index (χ2v) is 8.73. The Kier molecular flexibility index (Phi) is 6.09. The lowest BCUT2D eigenvalue weighted by Crippen LogP contribution is -2.54. The molecular weight excluding hydrogens is 452 g/mol. The average molecular weight is 477 g/mol. The van der Waals surface area contributed by atoms with Crippen LogP contribution in [0, 0.1) is 13.8 Å². The van der Waals surface area contributed by atoms with Crippen LogP contribution in [0.15, 0.2) is 90.5 Å². The molecule has 36 heavy (non-hydrogen) atoms. The molecule has 0 spiro atoms. The Morgan fingerprint density at radius 2 is 1.61 bits per heavy atom. The summed E-state index contributed by atoms with van der Waals surface area (Å²) in [4.78, 5) is 39.3. The molecule has 0 unspecified atom stereocenters. The summed E-state index contributed by atoms with van der Waals surface area (Å²) in [6.07, 6.45) is 1.48. The summed E-state index contributed by atoms with van der Waals surface area (Å²) in [5.74, 6) is -0.802. The normalized spacial score (nSPS) is 14.9. The number of ether oxygens (including phenoxy) is 1. The number of nitrogens with zero attached hydrogens (tertiary/aromatic N) is 1. The van der Waals surface area contributed by atoms with Gasteiger partial charge in [-0.2, -0.15) is 0 Å². The van der Waals surface area contributed by atoms with Crippen LogP contribution < -0.4 is 15.0 Å². The highest BCUT2D eigenvalue weighted by molar-refractivity contribution is 6.39. The van der Waals surface area contributed by atoms with Gasteiger partial charge < -0.3 is 4.74 Å². The quantitative estimate of drug-likeness (QED) is 0.296. The number of carbonyl (C=O) groups is 3. The first-order valence-corrected chi connectivity index (χ1v) is 11.6. The van der Waals surface area contributed by atoms with Gasteiger partial charge in [-0.3, -0.25) is 14.9 Å². The molecule has 4 aromatic carbocycles. The van der Waals surface area contributed by atoms with Gasteiger partial charge >= 0.3 is 6.03 Å². The van der Waals surface area contributed by atoms with Crippen LogP contribution in [0.4, 0.5) is 10.5 Å². The molecule has 6 nitrogen and oxygen atoms in total. The predicted octanol–water partition coefficient (Wildman–Crippen LogP) is 5.70. The number of hydrogen-bond acceptors (Lipinski definition) is 4. The lowest BCUT2D eigenvalue weighted by molar-refractivity contribution is -0.122. The van der Waals surface area contributed by atoms with E-state index in [1.165, 1.54) is 6.08 Å². The number of urea groups is 1. The van der Waals surface area contributed by atoms with E-state index >= 15 is 0 Å². The molecule has 4 amide bonds. The van der Waals surface area contributed by atoms with Gasteiger partial charge in [-0.15, -0.1) is 0 Å². The van der Waals surface area contributed by atoms with E-state index in [4.69, 9.17) is 4.74 Å². The smallest absolute Gasteiger partial charge is 0.335 e. The highest BCUT2D eigenvalue weighted by Crippen LogP contribution is 2.26. The van der Waals surface area contributed by atoms with E-state index in [2.05, 4.69) is 23.5 Å². The summed E-state index contributed by atoms with van der Waals surface area (Å²) in [5.41, 5.74) is 3.92. The van der Waals surface area contributed by atoms with Gasteiger partial charge in [0.15, 0.2) is 0 Å². The van der Waals surface area contributed by atoms with Crippen LogP contribution in [0.2, 0.25) is 0 Å². The average Bonchev–Trinajstić information content (AvgIpc) is 2.87. The maximum atomic E-state index is 13.2. The van der Waals surface area contributed by atoms with Crippen LogP contribution in [0.5, 0.6) is 5.75 Å². The van der Waals surface area contributed by atoms with Crippen molar-refractivity contribution in [2.45, 2.75) is 20.5 Å². The van der Waals surface area contributed by atoms with Crippen LogP contribution in [0.3, 0.4) is 0 Å². The molecule has 0 radical (unpaired) electrons. The fraction of sp³-hybridized carbons (Fsp3) is 0.100. The van der Waals surface area contributed by atoms with Crippen molar-refractivity contribution >= 4 is 40.4 Å². The first-order chi connectivity index (χ1) is 17.4. The monoisotopic (exact) mass is 476 g/mol. The third kappa shape index (κ3) is 4.49. The molecule has 1 saturated heterocycles. The van der Waals surface area contributed by atoms with Crippen LogP contribution >= 0.6 is 0 Å². The fourth-order valence-corrected chi connectivity index (χ4v) is 4.20. The van der Waals surface area contributed by atoms with Crippen molar-refractivity contribution in [3.8, 4) is 5.75 Å². The number of hydrogen-bond donors (Lipinski definition) is 1. The van der Waals surface area contributed by atoms with Gasteiger partial charge in [-0.05, 0) is 77.2 Å². The number of imide groups is 2. The summed E-state index contributed by atoms with van der Waals surface area (Å²) < 4.78 is 6.04. The summed E-state index contributed by atoms with van der Waals surface area (Å²) in [5, 5.41) is 4.53. The summed E-state index contributed by atoms with van der Waals surface area (Å²) in [6.45, 7) is 4.22. The Labute approximate surface area is 208 Å². The fourth-order valence-electron chi connectivity index (χ4n) is 4.20. The van der Waals surface area contributed by atoms with E-state index in [-0.39, 0.29) is 5.57 Å². The number of anilines is 1. The Morgan fingerprint density at radius 1 is 0.833 bits per heavy atom. The predicted molar refractivity (Wildman–Crippen MR) is 140 cm³/mol. The van der Waals surface area contributed by atoms with Crippen molar-refractivity contribution in [2.24, 2.45) is 0 Å². The largest absolute Gasteiger partial charge is 0.489 e. The number of rotatable bonds is 5. The van der Waals surface area contributed by atoms with Crippen LogP contribution in [-0.2, 0) is 16.2 Å². The van der Waals surface area contributed by atoms with Crippen molar-refractivity contribution < 1.29 is 19.1 Å².